The first-order chi connectivity index (χ1) is 36.3. The molecule has 0 spiro atoms. The second kappa shape index (κ2) is 35.9. The van der Waals surface area contributed by atoms with Crippen LogP contribution in [-0.2, 0) is 45.1 Å². The van der Waals surface area contributed by atoms with Crippen molar-refractivity contribution >= 4 is 82.5 Å². The fraction of sp³-hybridized carbons (Fsp3) is 0.254. The van der Waals surface area contributed by atoms with Crippen molar-refractivity contribution in [3.8, 4) is 22.3 Å². The van der Waals surface area contributed by atoms with Gasteiger partial charge in [-0.3, -0.25) is 15.1 Å². The molecule has 1 unspecified atom stereocenters. The zero-order valence-electron chi connectivity index (χ0n) is 45.3. The Bertz CT molecular complexity index is 2900. The number of hydrogen-bond acceptors (Lipinski definition) is 14. The molecule has 0 amide bonds. The van der Waals surface area contributed by atoms with E-state index in [1.807, 2.05) is 115 Å². The Labute approximate surface area is 521 Å². The fourth-order valence-electron chi connectivity index (χ4n) is 8.66. The largest absolute Gasteiger partial charge is 1.00 e. The van der Waals surface area contributed by atoms with Crippen LogP contribution in [0.4, 0.5) is 22.7 Å². The van der Waals surface area contributed by atoms with Gasteiger partial charge in [-0.25, -0.2) is 4.21 Å². The number of hydrogen-bond donors (Lipinski definition) is 1. The van der Waals surface area contributed by atoms with Crippen LogP contribution in [0.25, 0.3) is 22.3 Å². The van der Waals surface area contributed by atoms with Crippen LogP contribution in [0.15, 0.2) is 198 Å². The minimum absolute atomic E-state index is 0. The summed E-state index contributed by atoms with van der Waals surface area (Å²) >= 11 is -0.538. The minimum Gasteiger partial charge on any atom is -0.750 e. The summed E-state index contributed by atoms with van der Waals surface area (Å²) in [6.07, 6.45) is 12.9. The van der Waals surface area contributed by atoms with Crippen LogP contribution in [0.3, 0.4) is 0 Å². The summed E-state index contributed by atoms with van der Waals surface area (Å²) in [6, 6.07) is 51.2. The van der Waals surface area contributed by atoms with Gasteiger partial charge >= 0.3 is 59.1 Å². The molecule has 1 N–H and O–H groups in total. The van der Waals surface area contributed by atoms with Gasteiger partial charge < -0.3 is 29.5 Å². The number of fused-ring (bicyclic) bond motifs is 2. The van der Waals surface area contributed by atoms with Gasteiger partial charge in [0.05, 0.1) is 41.1 Å². The smallest absolute Gasteiger partial charge is 0.750 e. The number of rotatable bonds is 23. The van der Waals surface area contributed by atoms with Crippen LogP contribution in [0.1, 0.15) is 71.4 Å². The maximum Gasteiger partial charge on any atom is 1.00 e. The van der Waals surface area contributed by atoms with Crippen LogP contribution in [0.2, 0.25) is 0 Å². The van der Waals surface area contributed by atoms with Gasteiger partial charge in [0.2, 0.25) is 5.69 Å². The van der Waals surface area contributed by atoms with Crippen molar-refractivity contribution in [2.45, 2.75) is 76.0 Å². The molecule has 0 aromatic heterocycles. The van der Waals surface area contributed by atoms with Crippen molar-refractivity contribution in [1.29, 1.82) is 0 Å². The van der Waals surface area contributed by atoms with Crippen molar-refractivity contribution < 1.29 is 106 Å². The molecule has 2 heterocycles. The molecule has 0 radical (unpaired) electrons. The summed E-state index contributed by atoms with van der Waals surface area (Å²) < 4.78 is 36.6. The van der Waals surface area contributed by atoms with E-state index in [4.69, 9.17) is 0 Å². The third-order valence-corrected chi connectivity index (χ3v) is 14.6. The van der Waals surface area contributed by atoms with Crippen LogP contribution >= 0.6 is 36.5 Å². The van der Waals surface area contributed by atoms with Gasteiger partial charge in [0.1, 0.15) is 6.54 Å². The van der Waals surface area contributed by atoms with Crippen LogP contribution in [0.5, 0.6) is 0 Å². The summed E-state index contributed by atoms with van der Waals surface area (Å²) in [4.78, 5) is 7.26. The molecular formula is C59H65ClN4Na2O9S3. The Kier molecular flexibility index (Phi) is 31.6. The van der Waals surface area contributed by atoms with Gasteiger partial charge in [0, 0.05) is 89.1 Å². The van der Waals surface area contributed by atoms with E-state index in [2.05, 4.69) is 145 Å². The second-order valence-electron chi connectivity index (χ2n) is 18.4. The number of para-hydroxylation sites is 2. The number of anilines is 2. The van der Waals surface area contributed by atoms with E-state index in [1.165, 1.54) is 33.7 Å². The average molecular weight is 1150 g/mol. The number of unbranched alkanes of at least 4 members (excludes halogenated alkanes) is 2. The van der Waals surface area contributed by atoms with Crippen molar-refractivity contribution in [3.05, 3.63) is 199 Å². The van der Waals surface area contributed by atoms with Gasteiger partial charge in [-0.2, -0.15) is 13.2 Å². The van der Waals surface area contributed by atoms with Gasteiger partial charge in [0.25, 0.3) is 0 Å². The Hall–Kier alpha value is -3.70. The number of aliphatic imine (C=N–C) groups is 1. The summed E-state index contributed by atoms with van der Waals surface area (Å²) in [5, 5.41) is 29.7. The SMILES string of the molecule is C(/C=C/C=C/Nc1ccccc1)=Nc1ccccc1.C=C1N(CCCCOS(=O)[O-])c2ccc(-c3ccc(SOO[O-])cc3)cc2C1(C)C.CC1=[N+](CCCCSOO[O-])c2ccc(-c3ccccc3)cc2C1(C)C.Cl.[Na+].[Na+]. The molecule has 8 rings (SSSR count). The zero-order valence-corrected chi connectivity index (χ0v) is 52.6. The molecule has 402 valence electrons. The summed E-state index contributed by atoms with van der Waals surface area (Å²) in [5.41, 5.74) is 13.9. The van der Waals surface area contributed by atoms with E-state index in [1.54, 1.807) is 6.21 Å². The van der Waals surface area contributed by atoms with E-state index in [0.29, 0.717) is 6.42 Å². The van der Waals surface area contributed by atoms with E-state index in [0.717, 1.165) is 101 Å². The Balaban J connectivity index is 0.000000309. The summed E-state index contributed by atoms with van der Waals surface area (Å²) in [5.74, 6) is 0.748. The molecule has 6 aromatic rings. The number of halogens is 1. The molecule has 2 aliphatic heterocycles. The first-order valence-electron chi connectivity index (χ1n) is 24.5. The second-order valence-corrected chi connectivity index (χ2v) is 20.6. The summed E-state index contributed by atoms with van der Waals surface area (Å²) in [6.45, 7) is 17.3. The van der Waals surface area contributed by atoms with Crippen molar-refractivity contribution in [2.75, 3.05) is 35.7 Å². The van der Waals surface area contributed by atoms with Crippen molar-refractivity contribution in [2.24, 2.45) is 4.99 Å². The van der Waals surface area contributed by atoms with Gasteiger partial charge in [-0.1, -0.05) is 111 Å². The van der Waals surface area contributed by atoms with E-state index in [-0.39, 0.29) is 89.0 Å². The standard InChI is InChI=1S/C21H25NO6S2.C21H25NO3S.C17H16N2.ClH.2Na/c1-15-21(2,3)19-14-17(16-6-9-18(10-7-16)29-28-27-23)8-11-20(19)22(15)12-4-5-13-26-30(24)25;1-16-21(2,3)19-15-18(17-9-5-4-6-10-17)11-12-20(19)22(16)13-7-8-14-26-25-24-23;1-4-10-16(11-5-1)18-14-8-3-9-15-19-17-12-6-2-7-13-17;;;/h6-11,14,23H,1,4-5,12-13H2,2-3H3,(H,24,25);4-6,9-12,15H,7-8,13-14H2,1-3H3;1-15,18H;1H;;/q;;;;2*+1/p-2/b;;9-3+,14-8+,19-15?;;;. The molecule has 0 saturated heterocycles. The van der Waals surface area contributed by atoms with E-state index < -0.39 is 11.4 Å². The van der Waals surface area contributed by atoms with Gasteiger partial charge in [-0.05, 0) is 134 Å². The molecule has 0 bridgehead atoms. The minimum atomic E-state index is -2.46. The normalized spacial score (nSPS) is 14.1. The monoisotopic (exact) mass is 1150 g/mol. The summed E-state index contributed by atoms with van der Waals surface area (Å²) in [7, 11) is 0. The Morgan fingerprint density at radius 2 is 1.31 bits per heavy atom. The van der Waals surface area contributed by atoms with E-state index in [9.17, 15) is 19.3 Å². The van der Waals surface area contributed by atoms with Crippen molar-refractivity contribution in [3.63, 3.8) is 0 Å². The third kappa shape index (κ3) is 20.4. The molecule has 19 heteroatoms. The van der Waals surface area contributed by atoms with Crippen LogP contribution in [-0.4, -0.2) is 50.7 Å². The molecule has 1 atom stereocenters. The number of nitrogens with zero attached hydrogens (tertiary/aromatic N) is 3. The maximum absolute atomic E-state index is 10.5. The zero-order chi connectivity index (χ0) is 53.5. The topological polar surface area (TPSA) is 163 Å². The fourth-order valence-corrected chi connectivity index (χ4v) is 9.70. The number of nitrogens with one attached hydrogen (secondary N) is 1. The molecule has 0 aliphatic carbocycles. The third-order valence-electron chi connectivity index (χ3n) is 13.0. The first-order valence-corrected chi connectivity index (χ1v) is 27.2. The molecule has 2 aliphatic rings. The van der Waals surface area contributed by atoms with Crippen LogP contribution < -0.4 is 79.8 Å². The average Bonchev–Trinajstić information content (AvgIpc) is 3.74. The Morgan fingerprint density at radius 1 is 0.705 bits per heavy atom. The predicted molar refractivity (Wildman–Crippen MR) is 308 cm³/mol. The van der Waals surface area contributed by atoms with Crippen molar-refractivity contribution in [1.82, 2.24) is 0 Å². The van der Waals surface area contributed by atoms with Gasteiger partial charge in [-0.15, -0.1) is 12.4 Å². The van der Waals surface area contributed by atoms with E-state index >= 15 is 0 Å². The predicted octanol–water partition coefficient (Wildman–Crippen LogP) is 7.19. The Morgan fingerprint density at radius 3 is 1.96 bits per heavy atom. The van der Waals surface area contributed by atoms with Crippen LogP contribution in [0, 0.1) is 0 Å². The maximum atomic E-state index is 10.5. The quantitative estimate of drug-likeness (QED) is 0.00791. The molecule has 0 fully saturated rings. The number of benzene rings is 6. The molecular weight excluding hydrogens is 1090 g/mol. The first kappa shape index (κ1) is 68.6. The molecule has 6 aromatic carbocycles. The molecule has 78 heavy (non-hydrogen) atoms. The molecule has 13 nitrogen and oxygen atoms in total. The van der Waals surface area contributed by atoms with Gasteiger partial charge in [0.15, 0.2) is 5.71 Å². The molecule has 0 saturated carbocycles. The number of allylic oxidation sites excluding steroid dienone is 4.